The zero-order valence-corrected chi connectivity index (χ0v) is 12.6. The van der Waals surface area contributed by atoms with Crippen LogP contribution in [0.5, 0.6) is 0 Å². The van der Waals surface area contributed by atoms with Gasteiger partial charge in [-0.05, 0) is 30.4 Å². The Labute approximate surface area is 122 Å². The van der Waals surface area contributed by atoms with Crippen LogP contribution >= 0.6 is 11.3 Å². The maximum absolute atomic E-state index is 12.5. The van der Waals surface area contributed by atoms with Gasteiger partial charge in [-0.15, -0.1) is 11.3 Å². The predicted octanol–water partition coefficient (Wildman–Crippen LogP) is 3.19. The fourth-order valence-corrected chi connectivity index (χ4v) is 3.90. The van der Waals surface area contributed by atoms with E-state index in [1.165, 1.54) is 17.8 Å². The highest BCUT2D eigenvalue weighted by Crippen LogP contribution is 2.38. The first-order valence-electron chi connectivity index (χ1n) is 6.93. The van der Waals surface area contributed by atoms with E-state index in [2.05, 4.69) is 24.1 Å². The van der Waals surface area contributed by atoms with Crippen molar-refractivity contribution in [2.75, 3.05) is 5.73 Å². The lowest BCUT2D eigenvalue weighted by Crippen LogP contribution is -2.41. The Hall–Kier alpha value is -1.62. The summed E-state index contributed by atoms with van der Waals surface area (Å²) in [5.41, 5.74) is 6.80. The van der Waals surface area contributed by atoms with Crippen LogP contribution in [0.1, 0.15) is 42.8 Å². The van der Waals surface area contributed by atoms with Crippen LogP contribution in [0.2, 0.25) is 0 Å². The molecule has 0 radical (unpaired) electrons. The van der Waals surface area contributed by atoms with Crippen molar-refractivity contribution in [1.82, 2.24) is 10.3 Å². The number of nitrogens with one attached hydrogen (secondary N) is 1. The Morgan fingerprint density at radius 1 is 1.55 bits per heavy atom. The summed E-state index contributed by atoms with van der Waals surface area (Å²) in [4.78, 5) is 18.1. The van der Waals surface area contributed by atoms with Gasteiger partial charge < -0.3 is 11.1 Å². The number of aromatic nitrogens is 1. The third-order valence-electron chi connectivity index (χ3n) is 4.27. The largest absolute Gasteiger partial charge is 0.397 e. The molecule has 1 saturated carbocycles. The molecule has 106 valence electrons. The minimum absolute atomic E-state index is 0.0644. The highest BCUT2D eigenvalue weighted by atomic mass is 32.1. The van der Waals surface area contributed by atoms with Crippen molar-refractivity contribution in [3.05, 3.63) is 23.2 Å². The zero-order valence-electron chi connectivity index (χ0n) is 11.8. The van der Waals surface area contributed by atoms with Gasteiger partial charge in [0.2, 0.25) is 0 Å². The number of rotatable bonds is 2. The van der Waals surface area contributed by atoms with Crippen LogP contribution in [-0.2, 0) is 0 Å². The smallest absolute Gasteiger partial charge is 0.263 e. The average molecular weight is 289 g/mol. The van der Waals surface area contributed by atoms with Gasteiger partial charge in [0.15, 0.2) is 0 Å². The van der Waals surface area contributed by atoms with Gasteiger partial charge in [-0.1, -0.05) is 20.3 Å². The molecule has 4 nitrogen and oxygen atoms in total. The molecule has 3 rings (SSSR count). The summed E-state index contributed by atoms with van der Waals surface area (Å²) in [5, 5.41) is 4.02. The number of amides is 1. The summed E-state index contributed by atoms with van der Waals surface area (Å²) in [7, 11) is 0. The summed E-state index contributed by atoms with van der Waals surface area (Å²) in [5.74, 6) is -0.0644. The fraction of sp³-hybridized carbons (Fsp3) is 0.467. The number of carbonyl (C=O) groups is 1. The van der Waals surface area contributed by atoms with Crippen LogP contribution in [0.25, 0.3) is 10.2 Å². The van der Waals surface area contributed by atoms with Crippen LogP contribution < -0.4 is 11.1 Å². The Balaban J connectivity index is 1.88. The minimum atomic E-state index is -0.0644. The Morgan fingerprint density at radius 3 is 3.00 bits per heavy atom. The molecule has 1 fully saturated rings. The van der Waals surface area contributed by atoms with Crippen molar-refractivity contribution in [2.45, 2.75) is 39.2 Å². The number of thiophene rings is 1. The van der Waals surface area contributed by atoms with Crippen LogP contribution in [0.4, 0.5) is 5.69 Å². The van der Waals surface area contributed by atoms with E-state index in [0.717, 1.165) is 23.1 Å². The number of hydrogen-bond acceptors (Lipinski definition) is 4. The molecule has 5 heteroatoms. The molecule has 2 aromatic rings. The van der Waals surface area contributed by atoms with Crippen molar-refractivity contribution in [3.63, 3.8) is 0 Å². The number of carbonyl (C=O) groups excluding carboxylic acids is 1. The number of fused-ring (bicyclic) bond motifs is 1. The molecule has 1 unspecified atom stereocenters. The maximum atomic E-state index is 12.5. The summed E-state index contributed by atoms with van der Waals surface area (Å²) in [6.07, 6.45) is 5.09. The van der Waals surface area contributed by atoms with E-state index in [4.69, 9.17) is 5.73 Å². The molecule has 1 amide bonds. The first-order chi connectivity index (χ1) is 9.49. The van der Waals surface area contributed by atoms with Gasteiger partial charge in [0.1, 0.15) is 9.71 Å². The summed E-state index contributed by atoms with van der Waals surface area (Å²) >= 11 is 1.37. The van der Waals surface area contributed by atoms with Crippen LogP contribution in [0, 0.1) is 5.41 Å². The average Bonchev–Trinajstić information content (AvgIpc) is 2.91. The molecule has 3 N–H and O–H groups in total. The second-order valence-corrected chi connectivity index (χ2v) is 7.11. The molecular weight excluding hydrogens is 270 g/mol. The minimum Gasteiger partial charge on any atom is -0.397 e. The second kappa shape index (κ2) is 4.74. The van der Waals surface area contributed by atoms with Gasteiger partial charge in [-0.25, -0.2) is 4.98 Å². The van der Waals surface area contributed by atoms with E-state index < -0.39 is 0 Å². The van der Waals surface area contributed by atoms with Crippen molar-refractivity contribution >= 4 is 33.1 Å². The first-order valence-corrected chi connectivity index (χ1v) is 7.74. The molecule has 1 aliphatic carbocycles. The first kappa shape index (κ1) is 13.4. The van der Waals surface area contributed by atoms with Crippen molar-refractivity contribution < 1.29 is 4.79 Å². The van der Waals surface area contributed by atoms with Crippen LogP contribution in [-0.4, -0.2) is 16.9 Å². The lowest BCUT2D eigenvalue weighted by molar-refractivity contribution is 0.0915. The zero-order chi connectivity index (χ0) is 14.3. The molecule has 2 aromatic heterocycles. The maximum Gasteiger partial charge on any atom is 0.263 e. The fourth-order valence-electron chi connectivity index (χ4n) is 2.94. The molecule has 1 atom stereocenters. The van der Waals surface area contributed by atoms with Gasteiger partial charge >= 0.3 is 0 Å². The lowest BCUT2D eigenvalue weighted by atomic mass is 9.87. The molecule has 0 saturated heterocycles. The summed E-state index contributed by atoms with van der Waals surface area (Å²) in [6, 6.07) is 3.98. The highest BCUT2D eigenvalue weighted by Gasteiger charge is 2.36. The molecule has 0 aliphatic heterocycles. The molecular formula is C15H19N3OS. The third kappa shape index (κ3) is 2.16. The summed E-state index contributed by atoms with van der Waals surface area (Å²) < 4.78 is 0. The molecule has 2 heterocycles. The number of pyridine rings is 1. The Morgan fingerprint density at radius 2 is 2.35 bits per heavy atom. The van der Waals surface area contributed by atoms with Crippen molar-refractivity contribution in [1.29, 1.82) is 0 Å². The topological polar surface area (TPSA) is 68.0 Å². The molecule has 0 aromatic carbocycles. The normalized spacial score (nSPS) is 21.2. The van der Waals surface area contributed by atoms with Crippen LogP contribution in [0.3, 0.4) is 0 Å². The quantitative estimate of drug-likeness (QED) is 0.892. The van der Waals surface area contributed by atoms with Gasteiger partial charge in [0.05, 0.1) is 5.69 Å². The van der Waals surface area contributed by atoms with Gasteiger partial charge in [-0.3, -0.25) is 4.79 Å². The molecule has 20 heavy (non-hydrogen) atoms. The van der Waals surface area contributed by atoms with E-state index in [9.17, 15) is 4.79 Å². The summed E-state index contributed by atoms with van der Waals surface area (Å²) in [6.45, 7) is 4.42. The predicted molar refractivity (Wildman–Crippen MR) is 82.9 cm³/mol. The highest BCUT2D eigenvalue weighted by molar-refractivity contribution is 7.21. The SMILES string of the molecule is CC1(C)CCCC1NC(=O)c1sc2ncccc2c1N. The van der Waals surface area contributed by atoms with E-state index in [0.29, 0.717) is 10.6 Å². The molecule has 0 spiro atoms. The van der Waals surface area contributed by atoms with E-state index in [1.807, 2.05) is 12.1 Å². The van der Waals surface area contributed by atoms with E-state index >= 15 is 0 Å². The third-order valence-corrected chi connectivity index (χ3v) is 5.40. The number of nitrogen functional groups attached to an aromatic ring is 1. The van der Waals surface area contributed by atoms with Gasteiger partial charge in [0.25, 0.3) is 5.91 Å². The number of anilines is 1. The molecule has 1 aliphatic rings. The van der Waals surface area contributed by atoms with E-state index in [-0.39, 0.29) is 17.4 Å². The monoisotopic (exact) mass is 289 g/mol. The standard InChI is InChI=1S/C15H19N3OS/c1-15(2)7-3-6-10(15)18-13(19)12-11(16)9-5-4-8-17-14(9)20-12/h4-5,8,10H,3,6-7,16H2,1-2H3,(H,18,19). The van der Waals surface area contributed by atoms with Crippen LogP contribution in [0.15, 0.2) is 18.3 Å². The second-order valence-electron chi connectivity index (χ2n) is 6.11. The van der Waals surface area contributed by atoms with Crippen molar-refractivity contribution in [3.8, 4) is 0 Å². The van der Waals surface area contributed by atoms with E-state index in [1.54, 1.807) is 6.20 Å². The number of nitrogens with zero attached hydrogens (tertiary/aromatic N) is 1. The number of hydrogen-bond donors (Lipinski definition) is 2. The van der Waals surface area contributed by atoms with Gasteiger partial charge in [0, 0.05) is 17.6 Å². The van der Waals surface area contributed by atoms with Crippen molar-refractivity contribution in [2.24, 2.45) is 5.41 Å². The number of nitrogens with two attached hydrogens (primary N) is 1. The lowest BCUT2D eigenvalue weighted by Gasteiger charge is -2.27. The van der Waals surface area contributed by atoms with Gasteiger partial charge in [-0.2, -0.15) is 0 Å². The Kier molecular flexibility index (Phi) is 3.17. The molecule has 0 bridgehead atoms. The Bertz CT molecular complexity index is 662.